The van der Waals surface area contributed by atoms with Gasteiger partial charge in [0.2, 0.25) is 0 Å². The van der Waals surface area contributed by atoms with Gasteiger partial charge in [0.15, 0.2) is 0 Å². The summed E-state index contributed by atoms with van der Waals surface area (Å²) in [6, 6.07) is 6.16. The minimum Gasteiger partial charge on any atom is -0.380 e. The summed E-state index contributed by atoms with van der Waals surface area (Å²) in [4.78, 5) is 0. The van der Waals surface area contributed by atoms with Gasteiger partial charge in [-0.3, -0.25) is 0 Å². The second-order valence-electron chi connectivity index (χ2n) is 2.48. The van der Waals surface area contributed by atoms with E-state index >= 15 is 0 Å². The van der Waals surface area contributed by atoms with E-state index in [1.165, 1.54) is 11.1 Å². The van der Waals surface area contributed by atoms with Crippen LogP contribution in [0.1, 0.15) is 11.1 Å². The van der Waals surface area contributed by atoms with Crippen molar-refractivity contribution in [1.29, 1.82) is 0 Å². The minimum absolute atomic E-state index is 0.669. The fourth-order valence-electron chi connectivity index (χ4n) is 0.975. The van der Waals surface area contributed by atoms with Gasteiger partial charge >= 0.3 is 0 Å². The van der Waals surface area contributed by atoms with Crippen molar-refractivity contribution in [3.8, 4) is 0 Å². The zero-order valence-corrected chi connectivity index (χ0v) is 8.31. The van der Waals surface area contributed by atoms with E-state index in [9.17, 15) is 0 Å². The Labute approximate surface area is 75.5 Å². The van der Waals surface area contributed by atoms with Gasteiger partial charge in [-0.1, -0.05) is 34.1 Å². The summed E-state index contributed by atoms with van der Waals surface area (Å²) in [5, 5.41) is 0. The molecule has 0 bridgehead atoms. The number of ether oxygens (including phenoxy) is 1. The summed E-state index contributed by atoms with van der Waals surface area (Å²) >= 11 is 3.50. The lowest BCUT2D eigenvalue weighted by molar-refractivity contribution is 0.184. The van der Waals surface area contributed by atoms with Gasteiger partial charge in [0.1, 0.15) is 0 Å². The van der Waals surface area contributed by atoms with Crippen molar-refractivity contribution in [2.45, 2.75) is 13.5 Å². The Kier molecular flexibility index (Phi) is 3.09. The zero-order valence-electron chi connectivity index (χ0n) is 6.73. The third kappa shape index (κ3) is 2.04. The van der Waals surface area contributed by atoms with Crippen molar-refractivity contribution in [3.63, 3.8) is 0 Å². The maximum atomic E-state index is 5.03. The molecular weight excluding hydrogens is 204 g/mol. The Morgan fingerprint density at radius 2 is 2.18 bits per heavy atom. The van der Waals surface area contributed by atoms with Crippen LogP contribution in [0, 0.1) is 6.92 Å². The molecule has 11 heavy (non-hydrogen) atoms. The average Bonchev–Trinajstić information content (AvgIpc) is 1.99. The first kappa shape index (κ1) is 8.75. The number of methoxy groups -OCH3 is 1. The molecule has 0 spiro atoms. The third-order valence-electron chi connectivity index (χ3n) is 1.57. The molecule has 1 rings (SSSR count). The lowest BCUT2D eigenvalue weighted by Gasteiger charge is -2.04. The van der Waals surface area contributed by atoms with Gasteiger partial charge < -0.3 is 4.74 Å². The molecular formula is C9H11BrO. The van der Waals surface area contributed by atoms with E-state index in [4.69, 9.17) is 4.74 Å². The smallest absolute Gasteiger partial charge is 0.0724 e. The van der Waals surface area contributed by atoms with Crippen LogP contribution < -0.4 is 0 Å². The van der Waals surface area contributed by atoms with E-state index in [1.807, 2.05) is 6.07 Å². The second-order valence-corrected chi connectivity index (χ2v) is 3.27. The Hall–Kier alpha value is -0.340. The number of hydrogen-bond acceptors (Lipinski definition) is 1. The Morgan fingerprint density at radius 3 is 2.82 bits per heavy atom. The number of rotatable bonds is 2. The molecule has 1 aromatic carbocycles. The van der Waals surface area contributed by atoms with Crippen LogP contribution in [0.2, 0.25) is 0 Å². The molecule has 0 saturated carbocycles. The fraction of sp³-hybridized carbons (Fsp3) is 0.333. The van der Waals surface area contributed by atoms with E-state index in [0.717, 1.165) is 4.47 Å². The first-order valence-corrected chi connectivity index (χ1v) is 4.28. The van der Waals surface area contributed by atoms with E-state index in [-0.39, 0.29) is 0 Å². The topological polar surface area (TPSA) is 9.23 Å². The highest BCUT2D eigenvalue weighted by Crippen LogP contribution is 2.21. The molecule has 0 aliphatic heterocycles. The molecule has 0 N–H and O–H groups in total. The van der Waals surface area contributed by atoms with E-state index < -0.39 is 0 Å². The minimum atomic E-state index is 0.669. The first-order valence-electron chi connectivity index (χ1n) is 3.48. The zero-order chi connectivity index (χ0) is 8.27. The van der Waals surface area contributed by atoms with Crippen molar-refractivity contribution in [3.05, 3.63) is 33.8 Å². The van der Waals surface area contributed by atoms with Crippen molar-refractivity contribution >= 4 is 15.9 Å². The molecule has 2 heteroatoms. The van der Waals surface area contributed by atoms with Crippen molar-refractivity contribution in [1.82, 2.24) is 0 Å². The lowest BCUT2D eigenvalue weighted by atomic mass is 10.1. The molecule has 0 aliphatic carbocycles. The molecule has 0 aromatic heterocycles. The predicted octanol–water partition coefficient (Wildman–Crippen LogP) is 2.90. The maximum Gasteiger partial charge on any atom is 0.0724 e. The van der Waals surface area contributed by atoms with Crippen LogP contribution in [0.25, 0.3) is 0 Å². The Morgan fingerprint density at radius 1 is 1.45 bits per heavy atom. The molecule has 0 saturated heterocycles. The SMILES string of the molecule is COCc1cccc(C)c1Br. The van der Waals surface area contributed by atoms with Gasteiger partial charge in [-0.2, -0.15) is 0 Å². The Bertz CT molecular complexity index is 245. The van der Waals surface area contributed by atoms with Crippen LogP contribution >= 0.6 is 15.9 Å². The first-order chi connectivity index (χ1) is 5.25. The molecule has 0 unspecified atom stereocenters. The summed E-state index contributed by atoms with van der Waals surface area (Å²) in [6.45, 7) is 2.74. The number of benzene rings is 1. The highest BCUT2D eigenvalue weighted by Gasteiger charge is 1.99. The molecule has 0 amide bonds. The third-order valence-corrected chi connectivity index (χ3v) is 2.71. The van der Waals surface area contributed by atoms with Crippen LogP contribution in [0.4, 0.5) is 0 Å². The van der Waals surface area contributed by atoms with Gasteiger partial charge in [-0.15, -0.1) is 0 Å². The summed E-state index contributed by atoms with van der Waals surface area (Å²) < 4.78 is 6.19. The normalized spacial score (nSPS) is 10.1. The molecule has 1 nitrogen and oxygen atoms in total. The Balaban J connectivity index is 2.96. The van der Waals surface area contributed by atoms with Crippen molar-refractivity contribution < 1.29 is 4.74 Å². The van der Waals surface area contributed by atoms with Gasteiger partial charge in [-0.05, 0) is 18.1 Å². The molecule has 0 atom stereocenters. The van der Waals surface area contributed by atoms with Crippen LogP contribution in [-0.2, 0) is 11.3 Å². The summed E-state index contributed by atoms with van der Waals surface area (Å²) in [5.41, 5.74) is 2.45. The fourth-order valence-corrected chi connectivity index (χ4v) is 1.35. The highest BCUT2D eigenvalue weighted by atomic mass is 79.9. The highest BCUT2D eigenvalue weighted by molar-refractivity contribution is 9.10. The molecule has 0 fully saturated rings. The molecule has 0 heterocycles. The van der Waals surface area contributed by atoms with Crippen LogP contribution in [0.5, 0.6) is 0 Å². The predicted molar refractivity (Wildman–Crippen MR) is 49.6 cm³/mol. The molecule has 1 aromatic rings. The van der Waals surface area contributed by atoms with Crippen molar-refractivity contribution in [2.24, 2.45) is 0 Å². The number of halogens is 1. The van der Waals surface area contributed by atoms with E-state index in [0.29, 0.717) is 6.61 Å². The molecule has 0 radical (unpaired) electrons. The van der Waals surface area contributed by atoms with Crippen LogP contribution in [0.15, 0.2) is 22.7 Å². The largest absolute Gasteiger partial charge is 0.380 e. The average molecular weight is 215 g/mol. The molecule has 60 valence electrons. The standard InChI is InChI=1S/C9H11BrO/c1-7-4-3-5-8(6-11-2)9(7)10/h3-5H,6H2,1-2H3. The summed E-state index contributed by atoms with van der Waals surface area (Å²) in [7, 11) is 1.70. The van der Waals surface area contributed by atoms with Crippen LogP contribution in [-0.4, -0.2) is 7.11 Å². The van der Waals surface area contributed by atoms with Gasteiger partial charge in [-0.25, -0.2) is 0 Å². The quantitative estimate of drug-likeness (QED) is 0.736. The van der Waals surface area contributed by atoms with E-state index in [2.05, 4.69) is 35.0 Å². The van der Waals surface area contributed by atoms with Gasteiger partial charge in [0, 0.05) is 11.6 Å². The summed E-state index contributed by atoms with van der Waals surface area (Å²) in [5.74, 6) is 0. The number of aryl methyl sites for hydroxylation is 1. The second kappa shape index (κ2) is 3.88. The van der Waals surface area contributed by atoms with Crippen LogP contribution in [0.3, 0.4) is 0 Å². The maximum absolute atomic E-state index is 5.03. The van der Waals surface area contributed by atoms with E-state index in [1.54, 1.807) is 7.11 Å². The summed E-state index contributed by atoms with van der Waals surface area (Å²) in [6.07, 6.45) is 0. The number of hydrogen-bond donors (Lipinski definition) is 0. The lowest BCUT2D eigenvalue weighted by Crippen LogP contribution is -1.90. The van der Waals surface area contributed by atoms with Gasteiger partial charge in [0.05, 0.1) is 6.61 Å². The van der Waals surface area contributed by atoms with Gasteiger partial charge in [0.25, 0.3) is 0 Å². The molecule has 0 aliphatic rings. The van der Waals surface area contributed by atoms with Crippen molar-refractivity contribution in [2.75, 3.05) is 7.11 Å². The monoisotopic (exact) mass is 214 g/mol.